The standard InChI is InChI=1S/C14H12ClN3O3/c1-16-12-8-4-5-9(13(12)18(20)21)14(19)17-11-7-3-2-6-10(11)15/h2-8,16H,1H3,(H,17,19). The summed E-state index contributed by atoms with van der Waals surface area (Å²) in [6, 6.07) is 11.2. The lowest BCUT2D eigenvalue weighted by Gasteiger charge is -2.09. The molecule has 6 nitrogen and oxygen atoms in total. The lowest BCUT2D eigenvalue weighted by molar-refractivity contribution is -0.384. The van der Waals surface area contributed by atoms with Gasteiger partial charge in [0.2, 0.25) is 0 Å². The Balaban J connectivity index is 2.40. The van der Waals surface area contributed by atoms with E-state index in [-0.39, 0.29) is 16.9 Å². The van der Waals surface area contributed by atoms with Gasteiger partial charge in [-0.3, -0.25) is 14.9 Å². The lowest BCUT2D eigenvalue weighted by Crippen LogP contribution is -2.15. The van der Waals surface area contributed by atoms with Gasteiger partial charge >= 0.3 is 5.69 Å². The molecule has 0 aliphatic rings. The first-order valence-electron chi connectivity index (χ1n) is 6.05. The number of hydrogen-bond donors (Lipinski definition) is 2. The Kier molecular flexibility index (Phi) is 4.39. The number of halogens is 1. The van der Waals surface area contributed by atoms with Crippen molar-refractivity contribution in [2.45, 2.75) is 0 Å². The molecule has 2 rings (SSSR count). The average Bonchev–Trinajstić information content (AvgIpc) is 2.48. The van der Waals surface area contributed by atoms with Crippen LogP contribution in [-0.2, 0) is 0 Å². The third-order valence-electron chi connectivity index (χ3n) is 2.85. The minimum absolute atomic E-state index is 0.0354. The molecule has 2 aromatic carbocycles. The van der Waals surface area contributed by atoms with Crippen LogP contribution in [-0.4, -0.2) is 17.9 Å². The van der Waals surface area contributed by atoms with Crippen molar-refractivity contribution in [3.63, 3.8) is 0 Å². The van der Waals surface area contributed by atoms with Gasteiger partial charge in [-0.2, -0.15) is 0 Å². The molecule has 0 aromatic heterocycles. The number of anilines is 2. The van der Waals surface area contributed by atoms with Crippen molar-refractivity contribution in [3.05, 3.63) is 63.2 Å². The van der Waals surface area contributed by atoms with Crippen LogP contribution in [0.25, 0.3) is 0 Å². The van der Waals surface area contributed by atoms with Gasteiger partial charge in [0.15, 0.2) is 0 Å². The molecule has 0 aliphatic carbocycles. The summed E-state index contributed by atoms with van der Waals surface area (Å²) in [6.45, 7) is 0. The van der Waals surface area contributed by atoms with E-state index in [1.807, 2.05) is 0 Å². The monoisotopic (exact) mass is 305 g/mol. The van der Waals surface area contributed by atoms with Gasteiger partial charge in [0.1, 0.15) is 11.3 Å². The Hall–Kier alpha value is -2.60. The molecular weight excluding hydrogens is 294 g/mol. The quantitative estimate of drug-likeness (QED) is 0.668. The number of nitro benzene ring substituents is 1. The largest absolute Gasteiger partial charge is 0.383 e. The zero-order chi connectivity index (χ0) is 15.4. The molecule has 0 radical (unpaired) electrons. The molecule has 108 valence electrons. The number of rotatable bonds is 4. The summed E-state index contributed by atoms with van der Waals surface area (Å²) in [5, 5.41) is 16.8. The Morgan fingerprint density at radius 3 is 2.43 bits per heavy atom. The lowest BCUT2D eigenvalue weighted by atomic mass is 10.1. The fourth-order valence-corrected chi connectivity index (χ4v) is 2.06. The maximum absolute atomic E-state index is 12.3. The zero-order valence-electron chi connectivity index (χ0n) is 11.1. The second kappa shape index (κ2) is 6.23. The molecule has 21 heavy (non-hydrogen) atoms. The molecule has 0 bridgehead atoms. The Bertz CT molecular complexity index is 704. The minimum atomic E-state index is -0.591. The smallest absolute Gasteiger partial charge is 0.305 e. The molecule has 0 saturated carbocycles. The van der Waals surface area contributed by atoms with Crippen LogP contribution in [0.4, 0.5) is 17.1 Å². The van der Waals surface area contributed by atoms with E-state index in [9.17, 15) is 14.9 Å². The average molecular weight is 306 g/mol. The van der Waals surface area contributed by atoms with Gasteiger partial charge in [0.05, 0.1) is 15.6 Å². The predicted molar refractivity (Wildman–Crippen MR) is 82.0 cm³/mol. The summed E-state index contributed by atoms with van der Waals surface area (Å²) >= 11 is 5.96. The van der Waals surface area contributed by atoms with E-state index in [1.54, 1.807) is 37.4 Å². The van der Waals surface area contributed by atoms with Crippen LogP contribution in [0, 0.1) is 10.1 Å². The normalized spacial score (nSPS) is 10.0. The van der Waals surface area contributed by atoms with Crippen molar-refractivity contribution in [3.8, 4) is 0 Å². The number of nitrogens with one attached hydrogen (secondary N) is 2. The number of benzene rings is 2. The van der Waals surface area contributed by atoms with Crippen molar-refractivity contribution in [2.75, 3.05) is 17.7 Å². The van der Waals surface area contributed by atoms with E-state index in [1.165, 1.54) is 12.1 Å². The molecule has 0 saturated heterocycles. The van der Waals surface area contributed by atoms with Crippen LogP contribution < -0.4 is 10.6 Å². The molecule has 0 unspecified atom stereocenters. The van der Waals surface area contributed by atoms with Crippen LogP contribution in [0.2, 0.25) is 5.02 Å². The SMILES string of the molecule is CNc1cccc(C(=O)Nc2ccccc2Cl)c1[N+](=O)[O-]. The molecule has 0 fully saturated rings. The number of hydrogen-bond acceptors (Lipinski definition) is 4. The van der Waals surface area contributed by atoms with Crippen LogP contribution in [0.5, 0.6) is 0 Å². The summed E-state index contributed by atoms with van der Waals surface area (Å²) in [4.78, 5) is 22.9. The highest BCUT2D eigenvalue weighted by atomic mass is 35.5. The highest BCUT2D eigenvalue weighted by Crippen LogP contribution is 2.29. The van der Waals surface area contributed by atoms with Crippen LogP contribution in [0.3, 0.4) is 0 Å². The number of nitro groups is 1. The Morgan fingerprint density at radius 2 is 1.81 bits per heavy atom. The van der Waals surface area contributed by atoms with Gasteiger partial charge in [-0.1, -0.05) is 29.8 Å². The van der Waals surface area contributed by atoms with Crippen molar-refractivity contribution >= 4 is 34.6 Å². The Labute approximate surface area is 125 Å². The van der Waals surface area contributed by atoms with Crippen molar-refractivity contribution in [2.24, 2.45) is 0 Å². The molecule has 0 aliphatic heterocycles. The topological polar surface area (TPSA) is 84.3 Å². The summed E-state index contributed by atoms with van der Waals surface area (Å²) in [5.41, 5.74) is 0.358. The van der Waals surface area contributed by atoms with Crippen molar-refractivity contribution < 1.29 is 9.72 Å². The first-order chi connectivity index (χ1) is 10.0. The van der Waals surface area contributed by atoms with Crippen molar-refractivity contribution in [1.82, 2.24) is 0 Å². The summed E-state index contributed by atoms with van der Waals surface area (Å²) in [6.07, 6.45) is 0. The van der Waals surface area contributed by atoms with Crippen LogP contribution in [0.1, 0.15) is 10.4 Å². The predicted octanol–water partition coefficient (Wildman–Crippen LogP) is 3.54. The van der Waals surface area contributed by atoms with E-state index in [4.69, 9.17) is 11.6 Å². The minimum Gasteiger partial charge on any atom is -0.383 e. The third kappa shape index (κ3) is 3.11. The molecule has 0 atom stereocenters. The van der Waals surface area contributed by atoms with Crippen LogP contribution in [0.15, 0.2) is 42.5 Å². The summed E-state index contributed by atoms with van der Waals surface area (Å²) in [7, 11) is 1.55. The van der Waals surface area contributed by atoms with Crippen LogP contribution >= 0.6 is 11.6 Å². The first-order valence-corrected chi connectivity index (χ1v) is 6.43. The maximum Gasteiger partial charge on any atom is 0.305 e. The van der Waals surface area contributed by atoms with E-state index in [2.05, 4.69) is 10.6 Å². The number of carbonyl (C=O) groups is 1. The van der Waals surface area contributed by atoms with Gasteiger partial charge in [-0.05, 0) is 24.3 Å². The summed E-state index contributed by atoms with van der Waals surface area (Å²) in [5.74, 6) is -0.591. The van der Waals surface area contributed by atoms with E-state index in [0.29, 0.717) is 10.7 Å². The van der Waals surface area contributed by atoms with Gasteiger partial charge < -0.3 is 10.6 Å². The van der Waals surface area contributed by atoms with E-state index >= 15 is 0 Å². The van der Waals surface area contributed by atoms with E-state index in [0.717, 1.165) is 0 Å². The summed E-state index contributed by atoms with van der Waals surface area (Å²) < 4.78 is 0. The van der Waals surface area contributed by atoms with E-state index < -0.39 is 10.8 Å². The fraction of sp³-hybridized carbons (Fsp3) is 0.0714. The second-order valence-electron chi connectivity index (χ2n) is 4.14. The Morgan fingerprint density at radius 1 is 1.14 bits per heavy atom. The molecule has 1 amide bonds. The van der Waals surface area contributed by atoms with Gasteiger partial charge in [0, 0.05) is 7.05 Å². The number of nitrogens with zero attached hydrogens (tertiary/aromatic N) is 1. The second-order valence-corrected chi connectivity index (χ2v) is 4.55. The first kappa shape index (κ1) is 14.8. The van der Waals surface area contributed by atoms with Crippen molar-refractivity contribution in [1.29, 1.82) is 0 Å². The molecular formula is C14H12ClN3O3. The highest BCUT2D eigenvalue weighted by molar-refractivity contribution is 6.34. The molecule has 0 heterocycles. The zero-order valence-corrected chi connectivity index (χ0v) is 11.8. The number of amides is 1. The molecule has 7 heteroatoms. The third-order valence-corrected chi connectivity index (χ3v) is 3.18. The maximum atomic E-state index is 12.3. The molecule has 2 aromatic rings. The number of carbonyl (C=O) groups excluding carboxylic acids is 1. The molecule has 0 spiro atoms. The molecule has 2 N–H and O–H groups in total. The number of para-hydroxylation sites is 2. The fourth-order valence-electron chi connectivity index (χ4n) is 1.88. The highest BCUT2D eigenvalue weighted by Gasteiger charge is 2.24. The van der Waals surface area contributed by atoms with Gasteiger partial charge in [0.25, 0.3) is 5.91 Å². The van der Waals surface area contributed by atoms with Gasteiger partial charge in [-0.25, -0.2) is 0 Å². The van der Waals surface area contributed by atoms with Gasteiger partial charge in [-0.15, -0.1) is 0 Å².